The quantitative estimate of drug-likeness (QED) is 0.657. The summed E-state index contributed by atoms with van der Waals surface area (Å²) in [5, 5.41) is 15.3. The molecule has 28 heavy (non-hydrogen) atoms. The normalized spacial score (nSPS) is 12.1. The summed E-state index contributed by atoms with van der Waals surface area (Å²) in [7, 11) is 0. The summed E-state index contributed by atoms with van der Waals surface area (Å²) in [5.41, 5.74) is 1.39. The summed E-state index contributed by atoms with van der Waals surface area (Å²) >= 11 is 5.87. The maximum absolute atomic E-state index is 12.4. The molecule has 1 aliphatic rings. The maximum Gasteiger partial charge on any atom is 0.248 e. The highest BCUT2D eigenvalue weighted by Gasteiger charge is 2.20. The number of nitrogens with zero attached hydrogens (tertiary/aromatic N) is 4. The Morgan fingerprint density at radius 2 is 1.89 bits per heavy atom. The van der Waals surface area contributed by atoms with Crippen LogP contribution < -0.4 is 14.8 Å². The number of nitrogens with one attached hydrogen (secondary N) is 1. The number of ether oxygens (including phenoxy) is 2. The Labute approximate surface area is 164 Å². The van der Waals surface area contributed by atoms with Gasteiger partial charge in [0.1, 0.15) is 6.54 Å². The fraction of sp³-hybridized carbons (Fsp3) is 0.167. The zero-order chi connectivity index (χ0) is 19.7. The third-order valence-corrected chi connectivity index (χ3v) is 4.26. The standard InChI is InChI=1S/C18H14ClN5O4/c1-10(25)13-6-15-16(28-9-27-15)7-14(13)20-17(26)8-24-22-18(21-23-24)11-2-4-12(19)5-3-11/h2-7H,8-9H2,1H3,(H,20,26). The van der Waals surface area contributed by atoms with E-state index in [4.69, 9.17) is 21.1 Å². The van der Waals surface area contributed by atoms with Gasteiger partial charge in [0.15, 0.2) is 17.3 Å². The molecule has 0 spiro atoms. The van der Waals surface area contributed by atoms with Gasteiger partial charge in [-0.3, -0.25) is 9.59 Å². The summed E-state index contributed by atoms with van der Waals surface area (Å²) in [6.45, 7) is 1.30. The highest BCUT2D eigenvalue weighted by Crippen LogP contribution is 2.37. The molecule has 4 rings (SSSR count). The van der Waals surface area contributed by atoms with E-state index in [1.165, 1.54) is 11.7 Å². The van der Waals surface area contributed by atoms with Crippen LogP contribution in [0.5, 0.6) is 11.5 Å². The Hall–Kier alpha value is -3.46. The van der Waals surface area contributed by atoms with E-state index in [2.05, 4.69) is 20.7 Å². The second kappa shape index (κ2) is 7.28. The van der Waals surface area contributed by atoms with E-state index >= 15 is 0 Å². The number of tetrazole rings is 1. The van der Waals surface area contributed by atoms with Gasteiger partial charge in [-0.05, 0) is 42.5 Å². The van der Waals surface area contributed by atoms with E-state index < -0.39 is 5.91 Å². The first kappa shape index (κ1) is 17.9. The first-order valence-corrected chi connectivity index (χ1v) is 8.65. The Balaban J connectivity index is 1.49. The number of benzene rings is 2. The molecule has 0 aliphatic carbocycles. The van der Waals surface area contributed by atoms with Crippen molar-refractivity contribution in [2.24, 2.45) is 0 Å². The van der Waals surface area contributed by atoms with Gasteiger partial charge in [0, 0.05) is 22.2 Å². The number of Topliss-reactive ketones (excluding diaryl/α,β-unsaturated/α-hetero) is 1. The Kier molecular flexibility index (Phi) is 4.66. The number of halogens is 1. The summed E-state index contributed by atoms with van der Waals surface area (Å²) in [6, 6.07) is 10.1. The number of anilines is 1. The van der Waals surface area contributed by atoms with Crippen molar-refractivity contribution in [2.45, 2.75) is 13.5 Å². The van der Waals surface area contributed by atoms with Gasteiger partial charge in [0.05, 0.1) is 5.69 Å². The number of ketones is 1. The van der Waals surface area contributed by atoms with Crippen molar-refractivity contribution < 1.29 is 19.1 Å². The second-order valence-corrected chi connectivity index (χ2v) is 6.44. The van der Waals surface area contributed by atoms with E-state index in [9.17, 15) is 9.59 Å². The van der Waals surface area contributed by atoms with Crippen LogP contribution in [0.1, 0.15) is 17.3 Å². The number of amides is 1. The predicted molar refractivity (Wildman–Crippen MR) is 99.5 cm³/mol. The molecule has 10 heteroatoms. The van der Waals surface area contributed by atoms with E-state index in [-0.39, 0.29) is 19.1 Å². The fourth-order valence-corrected chi connectivity index (χ4v) is 2.81. The molecule has 0 saturated carbocycles. The number of fused-ring (bicyclic) bond motifs is 1. The lowest BCUT2D eigenvalue weighted by Gasteiger charge is -2.10. The van der Waals surface area contributed by atoms with E-state index in [1.807, 2.05) is 0 Å². The zero-order valence-corrected chi connectivity index (χ0v) is 15.4. The summed E-state index contributed by atoms with van der Waals surface area (Å²) in [6.07, 6.45) is 0. The van der Waals surface area contributed by atoms with E-state index in [0.717, 1.165) is 5.56 Å². The molecule has 1 aromatic heterocycles. The molecule has 0 saturated heterocycles. The first-order chi connectivity index (χ1) is 13.5. The first-order valence-electron chi connectivity index (χ1n) is 8.28. The molecule has 0 atom stereocenters. The molecule has 9 nitrogen and oxygen atoms in total. The minimum Gasteiger partial charge on any atom is -0.454 e. The number of hydrogen-bond donors (Lipinski definition) is 1. The highest BCUT2D eigenvalue weighted by molar-refractivity contribution is 6.30. The van der Waals surface area contributed by atoms with Crippen molar-refractivity contribution in [1.29, 1.82) is 0 Å². The van der Waals surface area contributed by atoms with Crippen molar-refractivity contribution in [2.75, 3.05) is 12.1 Å². The Morgan fingerprint density at radius 1 is 1.18 bits per heavy atom. The van der Waals surface area contributed by atoms with Crippen LogP contribution in [0.15, 0.2) is 36.4 Å². The lowest BCUT2D eigenvalue weighted by atomic mass is 10.1. The van der Waals surface area contributed by atoms with E-state index in [1.54, 1.807) is 36.4 Å². The van der Waals surface area contributed by atoms with E-state index in [0.29, 0.717) is 33.6 Å². The second-order valence-electron chi connectivity index (χ2n) is 6.01. The van der Waals surface area contributed by atoms with Crippen molar-refractivity contribution >= 4 is 29.0 Å². The Morgan fingerprint density at radius 3 is 2.61 bits per heavy atom. The smallest absolute Gasteiger partial charge is 0.248 e. The average Bonchev–Trinajstić information content (AvgIpc) is 3.30. The third kappa shape index (κ3) is 3.65. The third-order valence-electron chi connectivity index (χ3n) is 4.01. The maximum atomic E-state index is 12.4. The van der Waals surface area contributed by atoms with Crippen LogP contribution in [-0.2, 0) is 11.3 Å². The van der Waals surface area contributed by atoms with Crippen LogP contribution >= 0.6 is 11.6 Å². The molecule has 1 aliphatic heterocycles. The van der Waals surface area contributed by atoms with Gasteiger partial charge >= 0.3 is 0 Å². The molecule has 3 aromatic rings. The summed E-state index contributed by atoms with van der Waals surface area (Å²) in [5.74, 6) is 0.675. The molecular formula is C18H14ClN5O4. The minimum absolute atomic E-state index is 0.0699. The fourth-order valence-electron chi connectivity index (χ4n) is 2.68. The van der Waals surface area contributed by atoms with Crippen molar-refractivity contribution in [3.05, 3.63) is 47.0 Å². The van der Waals surface area contributed by atoms with Gasteiger partial charge in [-0.2, -0.15) is 4.80 Å². The number of carbonyl (C=O) groups is 2. The minimum atomic E-state index is -0.415. The van der Waals surface area contributed by atoms with Gasteiger partial charge in [-0.15, -0.1) is 10.2 Å². The largest absolute Gasteiger partial charge is 0.454 e. The molecule has 2 aromatic carbocycles. The SMILES string of the molecule is CC(=O)c1cc2c(cc1NC(=O)Cn1nnc(-c3ccc(Cl)cc3)n1)OCO2. The predicted octanol–water partition coefficient (Wildman–Crippen LogP) is 2.56. The number of carbonyl (C=O) groups excluding carboxylic acids is 2. The van der Waals surface area contributed by atoms with Crippen LogP contribution in [0.4, 0.5) is 5.69 Å². The van der Waals surface area contributed by atoms with Gasteiger partial charge in [-0.25, -0.2) is 0 Å². The Bertz CT molecular complexity index is 1060. The molecule has 2 heterocycles. The zero-order valence-electron chi connectivity index (χ0n) is 14.7. The van der Waals surface area contributed by atoms with Crippen LogP contribution in [0.2, 0.25) is 5.02 Å². The summed E-state index contributed by atoms with van der Waals surface area (Å²) < 4.78 is 10.6. The molecule has 0 unspecified atom stereocenters. The lowest BCUT2D eigenvalue weighted by Crippen LogP contribution is -2.21. The van der Waals surface area contributed by atoms with Crippen LogP contribution in [0, 0.1) is 0 Å². The molecule has 0 bridgehead atoms. The average molecular weight is 400 g/mol. The van der Waals surface area contributed by atoms with Crippen molar-refractivity contribution in [3.63, 3.8) is 0 Å². The molecule has 0 radical (unpaired) electrons. The van der Waals surface area contributed by atoms with Crippen LogP contribution in [0.25, 0.3) is 11.4 Å². The van der Waals surface area contributed by atoms with Crippen molar-refractivity contribution in [1.82, 2.24) is 20.2 Å². The van der Waals surface area contributed by atoms with Gasteiger partial charge < -0.3 is 14.8 Å². The summed E-state index contributed by atoms with van der Waals surface area (Å²) in [4.78, 5) is 25.5. The van der Waals surface area contributed by atoms with Gasteiger partial charge in [-0.1, -0.05) is 11.6 Å². The topological polar surface area (TPSA) is 108 Å². The lowest BCUT2D eigenvalue weighted by molar-refractivity contribution is -0.117. The molecule has 142 valence electrons. The molecular weight excluding hydrogens is 386 g/mol. The van der Waals surface area contributed by atoms with Crippen molar-refractivity contribution in [3.8, 4) is 22.9 Å². The number of hydrogen-bond acceptors (Lipinski definition) is 7. The molecule has 1 N–H and O–H groups in total. The number of rotatable bonds is 5. The molecule has 1 amide bonds. The highest BCUT2D eigenvalue weighted by atomic mass is 35.5. The van der Waals surface area contributed by atoms with Gasteiger partial charge in [0.25, 0.3) is 0 Å². The van der Waals surface area contributed by atoms with Crippen LogP contribution in [-0.4, -0.2) is 38.7 Å². The monoisotopic (exact) mass is 399 g/mol. The molecule has 0 fully saturated rings. The number of aromatic nitrogens is 4. The van der Waals surface area contributed by atoms with Crippen LogP contribution in [0.3, 0.4) is 0 Å². The van der Waals surface area contributed by atoms with Gasteiger partial charge in [0.2, 0.25) is 18.5 Å².